The number of aromatic hydroxyl groups is 1. The molecule has 3 nitrogen and oxygen atoms in total. The van der Waals surface area contributed by atoms with Crippen LogP contribution in [0.1, 0.15) is 0 Å². The quantitative estimate of drug-likeness (QED) is 0.698. The van der Waals surface area contributed by atoms with E-state index in [1.807, 2.05) is 24.1 Å². The number of hydrogen-bond acceptors (Lipinski definition) is 3. The zero-order chi connectivity index (χ0) is 8.97. The molecule has 1 aromatic carbocycles. The van der Waals surface area contributed by atoms with Gasteiger partial charge in [-0.25, -0.2) is 0 Å². The number of phenols is 1. The van der Waals surface area contributed by atoms with Crippen LogP contribution >= 0.6 is 0 Å². The van der Waals surface area contributed by atoms with Crippen molar-refractivity contribution in [3.8, 4) is 5.75 Å². The normalized spacial score (nSPS) is 9.83. The first-order valence-electron chi connectivity index (χ1n) is 3.94. The number of rotatable bonds is 3. The van der Waals surface area contributed by atoms with Crippen molar-refractivity contribution in [2.45, 2.75) is 0 Å². The van der Waals surface area contributed by atoms with Crippen LogP contribution in [0.15, 0.2) is 24.3 Å². The van der Waals surface area contributed by atoms with E-state index in [1.54, 1.807) is 12.1 Å². The van der Waals surface area contributed by atoms with E-state index in [4.69, 9.17) is 5.73 Å². The number of phenolic OH excluding ortho intramolecular Hbond substituents is 1. The third-order valence-corrected chi connectivity index (χ3v) is 1.74. The molecule has 0 aromatic heterocycles. The molecule has 0 spiro atoms. The Morgan fingerprint density at radius 2 is 2.25 bits per heavy atom. The third kappa shape index (κ3) is 2.13. The van der Waals surface area contributed by atoms with E-state index < -0.39 is 0 Å². The fourth-order valence-electron chi connectivity index (χ4n) is 1.05. The molecule has 0 amide bonds. The maximum absolute atomic E-state index is 9.17. The zero-order valence-electron chi connectivity index (χ0n) is 7.20. The largest absolute Gasteiger partial charge is 0.508 e. The molecule has 3 N–H and O–H groups in total. The summed E-state index contributed by atoms with van der Waals surface area (Å²) in [4.78, 5) is 2.00. The average Bonchev–Trinajstić information content (AvgIpc) is 2.05. The number of likely N-dealkylation sites (N-methyl/N-ethyl adjacent to an activating group) is 1. The summed E-state index contributed by atoms with van der Waals surface area (Å²) in [7, 11) is 1.95. The molecule has 0 aliphatic rings. The molecule has 0 unspecified atom stereocenters. The second-order valence-corrected chi connectivity index (χ2v) is 2.73. The highest BCUT2D eigenvalue weighted by molar-refractivity contribution is 5.49. The van der Waals surface area contributed by atoms with Crippen molar-refractivity contribution < 1.29 is 5.11 Å². The van der Waals surface area contributed by atoms with Gasteiger partial charge in [0.1, 0.15) is 5.75 Å². The van der Waals surface area contributed by atoms with Crippen molar-refractivity contribution in [3.05, 3.63) is 24.3 Å². The maximum Gasteiger partial charge on any atom is 0.117 e. The van der Waals surface area contributed by atoms with E-state index in [9.17, 15) is 5.11 Å². The molecule has 0 fully saturated rings. The van der Waals surface area contributed by atoms with Crippen molar-refractivity contribution in [2.75, 3.05) is 25.0 Å². The first kappa shape index (κ1) is 8.87. The first-order valence-corrected chi connectivity index (χ1v) is 3.94. The molecular formula is C9H14N2O. The van der Waals surface area contributed by atoms with Gasteiger partial charge in [-0.1, -0.05) is 6.07 Å². The number of hydrogen-bond donors (Lipinski definition) is 2. The lowest BCUT2D eigenvalue weighted by Gasteiger charge is -2.17. The molecule has 0 bridgehead atoms. The van der Waals surface area contributed by atoms with E-state index in [1.165, 1.54) is 0 Å². The Labute approximate surface area is 72.4 Å². The molecule has 66 valence electrons. The SMILES string of the molecule is CN(CCN)c1cccc(O)c1. The summed E-state index contributed by atoms with van der Waals surface area (Å²) < 4.78 is 0. The Morgan fingerprint density at radius 3 is 2.83 bits per heavy atom. The van der Waals surface area contributed by atoms with E-state index in [0.717, 1.165) is 12.2 Å². The molecule has 1 aromatic rings. The van der Waals surface area contributed by atoms with Gasteiger partial charge in [0.2, 0.25) is 0 Å². The molecular weight excluding hydrogens is 152 g/mol. The van der Waals surface area contributed by atoms with Crippen LogP contribution < -0.4 is 10.6 Å². The highest BCUT2D eigenvalue weighted by Gasteiger charge is 1.98. The minimum absolute atomic E-state index is 0.288. The van der Waals surface area contributed by atoms with Crippen molar-refractivity contribution in [3.63, 3.8) is 0 Å². The number of benzene rings is 1. The third-order valence-electron chi connectivity index (χ3n) is 1.74. The van der Waals surface area contributed by atoms with Gasteiger partial charge in [0.05, 0.1) is 0 Å². The standard InChI is InChI=1S/C9H14N2O/c1-11(6-5-10)8-3-2-4-9(12)7-8/h2-4,7,12H,5-6,10H2,1H3. The molecule has 0 saturated carbocycles. The molecule has 12 heavy (non-hydrogen) atoms. The van der Waals surface area contributed by atoms with Gasteiger partial charge in [-0.15, -0.1) is 0 Å². The van der Waals surface area contributed by atoms with Crippen LogP contribution in [0.3, 0.4) is 0 Å². The number of nitrogens with two attached hydrogens (primary N) is 1. The second-order valence-electron chi connectivity index (χ2n) is 2.73. The molecule has 0 aliphatic carbocycles. The van der Waals surface area contributed by atoms with Crippen LogP contribution in [0.5, 0.6) is 5.75 Å². The maximum atomic E-state index is 9.17. The van der Waals surface area contributed by atoms with Crippen LogP contribution in [0, 0.1) is 0 Å². The Morgan fingerprint density at radius 1 is 1.50 bits per heavy atom. The second kappa shape index (κ2) is 3.97. The highest BCUT2D eigenvalue weighted by atomic mass is 16.3. The molecule has 0 radical (unpaired) electrons. The molecule has 0 aliphatic heterocycles. The first-order chi connectivity index (χ1) is 5.74. The lowest BCUT2D eigenvalue weighted by Crippen LogP contribution is -2.24. The van der Waals surface area contributed by atoms with Gasteiger partial charge in [0.25, 0.3) is 0 Å². The van der Waals surface area contributed by atoms with E-state index in [-0.39, 0.29) is 5.75 Å². The van der Waals surface area contributed by atoms with Crippen molar-refractivity contribution >= 4 is 5.69 Å². The Kier molecular flexibility index (Phi) is 2.94. The topological polar surface area (TPSA) is 49.5 Å². The van der Waals surface area contributed by atoms with Crippen LogP contribution in [0.4, 0.5) is 5.69 Å². The van der Waals surface area contributed by atoms with Crippen LogP contribution in [0.2, 0.25) is 0 Å². The minimum Gasteiger partial charge on any atom is -0.508 e. The molecule has 0 saturated heterocycles. The van der Waals surface area contributed by atoms with E-state index >= 15 is 0 Å². The summed E-state index contributed by atoms with van der Waals surface area (Å²) >= 11 is 0. The van der Waals surface area contributed by atoms with Gasteiger partial charge in [-0.2, -0.15) is 0 Å². The predicted molar refractivity (Wildman–Crippen MR) is 50.4 cm³/mol. The summed E-state index contributed by atoms with van der Waals surface area (Å²) in [5.41, 5.74) is 6.39. The fourth-order valence-corrected chi connectivity index (χ4v) is 1.05. The summed E-state index contributed by atoms with van der Waals surface area (Å²) in [6.45, 7) is 1.41. The van der Waals surface area contributed by atoms with Gasteiger partial charge in [0.15, 0.2) is 0 Å². The summed E-state index contributed by atoms with van der Waals surface area (Å²) in [6, 6.07) is 7.13. The molecule has 0 heterocycles. The van der Waals surface area contributed by atoms with Gasteiger partial charge in [0, 0.05) is 31.9 Å². The Hall–Kier alpha value is -1.22. The van der Waals surface area contributed by atoms with Crippen molar-refractivity contribution in [1.82, 2.24) is 0 Å². The van der Waals surface area contributed by atoms with Gasteiger partial charge >= 0.3 is 0 Å². The monoisotopic (exact) mass is 166 g/mol. The molecule has 0 atom stereocenters. The van der Waals surface area contributed by atoms with Crippen molar-refractivity contribution in [1.29, 1.82) is 0 Å². The zero-order valence-corrected chi connectivity index (χ0v) is 7.20. The highest BCUT2D eigenvalue weighted by Crippen LogP contribution is 2.17. The number of nitrogens with zero attached hydrogens (tertiary/aromatic N) is 1. The van der Waals surface area contributed by atoms with Gasteiger partial charge < -0.3 is 15.7 Å². The molecule has 1 rings (SSSR count). The lowest BCUT2D eigenvalue weighted by atomic mass is 10.3. The average molecular weight is 166 g/mol. The Balaban J connectivity index is 2.73. The molecule has 3 heteroatoms. The summed E-state index contributed by atoms with van der Waals surface area (Å²) in [5, 5.41) is 9.17. The fraction of sp³-hybridized carbons (Fsp3) is 0.333. The van der Waals surface area contributed by atoms with Crippen LogP contribution in [0.25, 0.3) is 0 Å². The predicted octanol–water partition coefficient (Wildman–Crippen LogP) is 0.787. The lowest BCUT2D eigenvalue weighted by molar-refractivity contribution is 0.475. The van der Waals surface area contributed by atoms with E-state index in [2.05, 4.69) is 0 Å². The van der Waals surface area contributed by atoms with Crippen LogP contribution in [-0.4, -0.2) is 25.2 Å². The van der Waals surface area contributed by atoms with E-state index in [0.29, 0.717) is 6.54 Å². The summed E-state index contributed by atoms with van der Waals surface area (Å²) in [5.74, 6) is 0.288. The smallest absolute Gasteiger partial charge is 0.117 e. The van der Waals surface area contributed by atoms with Gasteiger partial charge in [-0.3, -0.25) is 0 Å². The minimum atomic E-state index is 0.288. The van der Waals surface area contributed by atoms with Gasteiger partial charge in [-0.05, 0) is 12.1 Å². The Bertz CT molecular complexity index is 250. The van der Waals surface area contributed by atoms with Crippen LogP contribution in [-0.2, 0) is 0 Å². The van der Waals surface area contributed by atoms with Crippen molar-refractivity contribution in [2.24, 2.45) is 5.73 Å². The summed E-state index contributed by atoms with van der Waals surface area (Å²) in [6.07, 6.45) is 0. The number of anilines is 1.